The third-order valence-electron chi connectivity index (χ3n) is 3.98. The summed E-state index contributed by atoms with van der Waals surface area (Å²) in [6, 6.07) is 4.60. The highest BCUT2D eigenvalue weighted by Gasteiger charge is 2.30. The summed E-state index contributed by atoms with van der Waals surface area (Å²) < 4.78 is 10.3. The molecule has 6 heteroatoms. The Labute approximate surface area is 129 Å². The number of likely N-dealkylation sites (tertiary alicyclic amines) is 1. The van der Waals surface area contributed by atoms with Gasteiger partial charge in [-0.25, -0.2) is 0 Å². The molecule has 0 amide bonds. The molecular formula is C16H21NO5. The molecule has 0 radical (unpaired) electrons. The van der Waals surface area contributed by atoms with Crippen LogP contribution in [0.5, 0.6) is 11.5 Å². The normalized spacial score (nSPS) is 18.2. The maximum atomic E-state index is 12.4. The molecule has 1 fully saturated rings. The fraction of sp³-hybridized carbons (Fsp3) is 0.500. The largest absolute Gasteiger partial charge is 0.497 e. The Balaban J connectivity index is 2.02. The van der Waals surface area contributed by atoms with Gasteiger partial charge >= 0.3 is 5.97 Å². The Morgan fingerprint density at radius 3 is 2.73 bits per heavy atom. The number of ether oxygens (including phenoxy) is 2. The number of Topliss-reactive ketones (excluding diaryl/α,β-unsaturated/α-hetero) is 1. The van der Waals surface area contributed by atoms with Gasteiger partial charge in [0.25, 0.3) is 0 Å². The van der Waals surface area contributed by atoms with Crippen molar-refractivity contribution in [3.8, 4) is 11.5 Å². The first-order valence-corrected chi connectivity index (χ1v) is 7.29. The van der Waals surface area contributed by atoms with Crippen molar-refractivity contribution in [1.82, 2.24) is 4.90 Å². The number of methoxy groups -OCH3 is 2. The van der Waals surface area contributed by atoms with Crippen LogP contribution in [0.4, 0.5) is 0 Å². The number of hydrogen-bond donors (Lipinski definition) is 1. The monoisotopic (exact) mass is 307 g/mol. The smallest absolute Gasteiger partial charge is 0.320 e. The maximum Gasteiger partial charge on any atom is 0.320 e. The molecule has 1 unspecified atom stereocenters. The standard InChI is InChI=1S/C16H21NO5/c1-21-11-5-6-12(15(10-11)22-2)14(18)7-9-17-8-3-4-13(17)16(19)20/h5-6,10,13H,3-4,7-9H2,1-2H3,(H,19,20). The van der Waals surface area contributed by atoms with Crippen LogP contribution < -0.4 is 9.47 Å². The molecule has 120 valence electrons. The number of carbonyl (C=O) groups excluding carboxylic acids is 1. The highest BCUT2D eigenvalue weighted by atomic mass is 16.5. The highest BCUT2D eigenvalue weighted by Crippen LogP contribution is 2.26. The average Bonchev–Trinajstić information content (AvgIpc) is 3.00. The van der Waals surface area contributed by atoms with Gasteiger partial charge in [-0.2, -0.15) is 0 Å². The quantitative estimate of drug-likeness (QED) is 0.774. The van der Waals surface area contributed by atoms with E-state index in [0.717, 1.165) is 13.0 Å². The van der Waals surface area contributed by atoms with Crippen LogP contribution >= 0.6 is 0 Å². The van der Waals surface area contributed by atoms with Gasteiger partial charge in [-0.1, -0.05) is 0 Å². The Morgan fingerprint density at radius 2 is 2.09 bits per heavy atom. The molecule has 0 spiro atoms. The first-order valence-electron chi connectivity index (χ1n) is 7.29. The lowest BCUT2D eigenvalue weighted by Gasteiger charge is -2.20. The molecule has 0 saturated carbocycles. The van der Waals surface area contributed by atoms with Crippen LogP contribution in [0, 0.1) is 0 Å². The Bertz CT molecular complexity index is 557. The van der Waals surface area contributed by atoms with Crippen molar-refractivity contribution >= 4 is 11.8 Å². The summed E-state index contributed by atoms with van der Waals surface area (Å²) in [6.07, 6.45) is 1.78. The number of nitrogens with zero attached hydrogens (tertiary/aromatic N) is 1. The zero-order valence-corrected chi connectivity index (χ0v) is 12.9. The van der Waals surface area contributed by atoms with Crippen molar-refractivity contribution in [3.05, 3.63) is 23.8 Å². The molecule has 0 aromatic heterocycles. The molecule has 6 nitrogen and oxygen atoms in total. The lowest BCUT2D eigenvalue weighted by molar-refractivity contribution is -0.142. The van der Waals surface area contributed by atoms with E-state index in [1.807, 2.05) is 4.90 Å². The third kappa shape index (κ3) is 3.57. The van der Waals surface area contributed by atoms with E-state index >= 15 is 0 Å². The molecular weight excluding hydrogens is 286 g/mol. The average molecular weight is 307 g/mol. The van der Waals surface area contributed by atoms with E-state index in [-0.39, 0.29) is 12.2 Å². The highest BCUT2D eigenvalue weighted by molar-refractivity contribution is 5.99. The van der Waals surface area contributed by atoms with Gasteiger partial charge in [-0.3, -0.25) is 14.5 Å². The number of carbonyl (C=O) groups is 2. The van der Waals surface area contributed by atoms with Crippen molar-refractivity contribution in [2.75, 3.05) is 27.3 Å². The third-order valence-corrected chi connectivity index (χ3v) is 3.98. The molecule has 1 aliphatic rings. The lowest BCUT2D eigenvalue weighted by atomic mass is 10.1. The Hall–Kier alpha value is -2.08. The fourth-order valence-corrected chi connectivity index (χ4v) is 2.78. The van der Waals surface area contributed by atoms with Gasteiger partial charge in [0.15, 0.2) is 5.78 Å². The van der Waals surface area contributed by atoms with Gasteiger partial charge in [-0.15, -0.1) is 0 Å². The molecule has 1 N–H and O–H groups in total. The minimum Gasteiger partial charge on any atom is -0.497 e. The van der Waals surface area contributed by atoms with Gasteiger partial charge in [0, 0.05) is 19.0 Å². The number of benzene rings is 1. The van der Waals surface area contributed by atoms with Crippen molar-refractivity contribution in [2.45, 2.75) is 25.3 Å². The molecule has 1 aliphatic heterocycles. The van der Waals surface area contributed by atoms with Crippen molar-refractivity contribution in [1.29, 1.82) is 0 Å². The van der Waals surface area contributed by atoms with Crippen molar-refractivity contribution in [2.24, 2.45) is 0 Å². The summed E-state index contributed by atoms with van der Waals surface area (Å²) in [6.45, 7) is 1.18. The molecule has 1 aromatic rings. The van der Waals surface area contributed by atoms with Crippen LogP contribution in [-0.4, -0.2) is 55.1 Å². The summed E-state index contributed by atoms with van der Waals surface area (Å²) >= 11 is 0. The summed E-state index contributed by atoms with van der Waals surface area (Å²) in [5, 5.41) is 9.15. The van der Waals surface area contributed by atoms with E-state index in [2.05, 4.69) is 0 Å². The number of aliphatic carboxylic acids is 1. The van der Waals surface area contributed by atoms with Gasteiger partial charge in [0.05, 0.1) is 19.8 Å². The van der Waals surface area contributed by atoms with Crippen molar-refractivity contribution < 1.29 is 24.2 Å². The molecule has 1 atom stereocenters. The number of rotatable bonds is 7. The summed E-state index contributed by atoms with van der Waals surface area (Å²) in [4.78, 5) is 25.4. The SMILES string of the molecule is COc1ccc(C(=O)CCN2CCCC2C(=O)O)c(OC)c1. The molecule has 22 heavy (non-hydrogen) atoms. The van der Waals surface area contributed by atoms with Crippen LogP contribution in [0.15, 0.2) is 18.2 Å². The number of carboxylic acid groups (broad SMARTS) is 1. The van der Waals surface area contributed by atoms with E-state index in [9.17, 15) is 9.59 Å². The minimum absolute atomic E-state index is 0.0597. The fourth-order valence-electron chi connectivity index (χ4n) is 2.78. The van der Waals surface area contributed by atoms with E-state index < -0.39 is 12.0 Å². The molecule has 0 bridgehead atoms. The Kier molecular flexibility index (Phi) is 5.38. The Morgan fingerprint density at radius 1 is 1.32 bits per heavy atom. The molecule has 2 rings (SSSR count). The maximum absolute atomic E-state index is 12.4. The van der Waals surface area contributed by atoms with Gasteiger partial charge in [0.2, 0.25) is 0 Å². The van der Waals surface area contributed by atoms with Crippen molar-refractivity contribution in [3.63, 3.8) is 0 Å². The molecule has 1 heterocycles. The number of hydrogen-bond acceptors (Lipinski definition) is 5. The first kappa shape index (κ1) is 16.3. The second-order valence-corrected chi connectivity index (χ2v) is 5.27. The van der Waals surface area contributed by atoms with Gasteiger partial charge in [-0.05, 0) is 31.5 Å². The predicted molar refractivity (Wildman–Crippen MR) is 80.7 cm³/mol. The van der Waals surface area contributed by atoms with Crippen LogP contribution in [0.2, 0.25) is 0 Å². The summed E-state index contributed by atoms with van der Waals surface area (Å²) in [7, 11) is 3.06. The van der Waals surface area contributed by atoms with E-state index in [4.69, 9.17) is 14.6 Å². The zero-order chi connectivity index (χ0) is 16.1. The topological polar surface area (TPSA) is 76.1 Å². The van der Waals surface area contributed by atoms with E-state index in [1.54, 1.807) is 25.3 Å². The minimum atomic E-state index is -0.813. The lowest BCUT2D eigenvalue weighted by Crippen LogP contribution is -2.37. The van der Waals surface area contributed by atoms with Crippen LogP contribution in [0.1, 0.15) is 29.6 Å². The van der Waals surface area contributed by atoms with E-state index in [1.165, 1.54) is 7.11 Å². The van der Waals surface area contributed by atoms with Crippen LogP contribution in [0.25, 0.3) is 0 Å². The number of carboxylic acids is 1. The second kappa shape index (κ2) is 7.26. The van der Waals surface area contributed by atoms with Gasteiger partial charge in [0.1, 0.15) is 17.5 Å². The molecule has 1 aromatic carbocycles. The van der Waals surface area contributed by atoms with E-state index in [0.29, 0.717) is 30.0 Å². The summed E-state index contributed by atoms with van der Waals surface area (Å²) in [5.74, 6) is 0.224. The zero-order valence-electron chi connectivity index (χ0n) is 12.9. The first-order chi connectivity index (χ1) is 10.6. The molecule has 1 saturated heterocycles. The summed E-state index contributed by atoms with van der Waals surface area (Å²) in [5.41, 5.74) is 0.495. The second-order valence-electron chi connectivity index (χ2n) is 5.27. The van der Waals surface area contributed by atoms with Crippen LogP contribution in [0.3, 0.4) is 0 Å². The van der Waals surface area contributed by atoms with Gasteiger partial charge < -0.3 is 14.6 Å². The number of ketones is 1. The predicted octanol–water partition coefficient (Wildman–Crippen LogP) is 1.83. The van der Waals surface area contributed by atoms with Crippen LogP contribution in [-0.2, 0) is 4.79 Å². The molecule has 0 aliphatic carbocycles.